The maximum Gasteiger partial charge on any atom is 0.335 e. The molecule has 0 saturated heterocycles. The van der Waals surface area contributed by atoms with Crippen LogP contribution in [-0.4, -0.2) is 17.2 Å². The van der Waals surface area contributed by atoms with Gasteiger partial charge in [-0.15, -0.1) is 0 Å². The highest BCUT2D eigenvalue weighted by Gasteiger charge is 2.10. The minimum Gasteiger partial charge on any atom is -0.478 e. The van der Waals surface area contributed by atoms with E-state index in [9.17, 15) is 4.79 Å². The summed E-state index contributed by atoms with van der Waals surface area (Å²) in [5, 5.41) is 8.83. The van der Waals surface area contributed by atoms with E-state index < -0.39 is 5.97 Å². The number of hydrogen-bond acceptors (Lipinski definition) is 2. The van der Waals surface area contributed by atoms with Gasteiger partial charge in [0.05, 0.1) is 18.3 Å². The van der Waals surface area contributed by atoms with E-state index in [-0.39, 0.29) is 0 Å². The molecule has 0 saturated carbocycles. The van der Waals surface area contributed by atoms with Crippen molar-refractivity contribution in [2.24, 2.45) is 0 Å². The fourth-order valence-corrected chi connectivity index (χ4v) is 2.25. The molecule has 0 bridgehead atoms. The average molecular weight is 260 g/mol. The summed E-state index contributed by atoms with van der Waals surface area (Å²) in [6, 6.07) is 6.91. The molecule has 1 aliphatic rings. The highest BCUT2D eigenvalue weighted by Crippen LogP contribution is 2.17. The standard InChI is InChI=1S/C16H20O3/c17-16(18)14-10-8-13(9-11-14)12-19-15-6-4-2-1-3-5-7-15/h1-2,8-11,15H,3-7,12H2,(H,17,18). The lowest BCUT2D eigenvalue weighted by Crippen LogP contribution is -2.13. The Morgan fingerprint density at radius 2 is 1.89 bits per heavy atom. The molecule has 0 aromatic heterocycles. The monoisotopic (exact) mass is 260 g/mol. The molecule has 1 aromatic rings. The molecule has 1 aliphatic carbocycles. The fourth-order valence-electron chi connectivity index (χ4n) is 2.25. The van der Waals surface area contributed by atoms with Crippen LogP contribution in [0.4, 0.5) is 0 Å². The molecule has 0 fully saturated rings. The summed E-state index contributed by atoms with van der Waals surface area (Å²) in [6.45, 7) is 0.564. The van der Waals surface area contributed by atoms with Crippen molar-refractivity contribution in [2.45, 2.75) is 44.8 Å². The molecular weight excluding hydrogens is 240 g/mol. The molecule has 19 heavy (non-hydrogen) atoms. The summed E-state index contributed by atoms with van der Waals surface area (Å²) in [5.41, 5.74) is 1.35. The van der Waals surface area contributed by atoms with Crippen LogP contribution in [0.1, 0.15) is 48.0 Å². The first kappa shape index (κ1) is 13.8. The molecule has 0 heterocycles. The molecule has 3 heteroatoms. The predicted molar refractivity (Wildman–Crippen MR) is 74.2 cm³/mol. The van der Waals surface area contributed by atoms with Crippen molar-refractivity contribution in [3.63, 3.8) is 0 Å². The van der Waals surface area contributed by atoms with E-state index in [1.165, 1.54) is 6.42 Å². The van der Waals surface area contributed by atoms with Crippen molar-refractivity contribution in [1.29, 1.82) is 0 Å². The Morgan fingerprint density at radius 1 is 1.16 bits per heavy atom. The molecule has 1 atom stereocenters. The van der Waals surface area contributed by atoms with Crippen molar-refractivity contribution in [3.8, 4) is 0 Å². The number of carboxylic acid groups (broad SMARTS) is 1. The summed E-state index contributed by atoms with van der Waals surface area (Å²) >= 11 is 0. The lowest BCUT2D eigenvalue weighted by molar-refractivity contribution is 0.0283. The van der Waals surface area contributed by atoms with E-state index in [4.69, 9.17) is 9.84 Å². The van der Waals surface area contributed by atoms with Gasteiger partial charge in [-0.25, -0.2) is 4.79 Å². The Balaban J connectivity index is 1.83. The first-order valence-electron chi connectivity index (χ1n) is 6.84. The van der Waals surface area contributed by atoms with Crippen LogP contribution in [0.2, 0.25) is 0 Å². The topological polar surface area (TPSA) is 46.5 Å². The first-order valence-corrected chi connectivity index (χ1v) is 6.84. The number of benzene rings is 1. The van der Waals surface area contributed by atoms with Gasteiger partial charge in [-0.1, -0.05) is 24.3 Å². The minimum atomic E-state index is -0.890. The van der Waals surface area contributed by atoms with Gasteiger partial charge >= 0.3 is 5.97 Å². The van der Waals surface area contributed by atoms with Crippen molar-refractivity contribution < 1.29 is 14.6 Å². The number of rotatable bonds is 4. The van der Waals surface area contributed by atoms with Gasteiger partial charge in [0.2, 0.25) is 0 Å². The summed E-state index contributed by atoms with van der Waals surface area (Å²) < 4.78 is 5.92. The van der Waals surface area contributed by atoms with Crippen LogP contribution in [-0.2, 0) is 11.3 Å². The van der Waals surface area contributed by atoms with E-state index in [1.54, 1.807) is 12.1 Å². The number of hydrogen-bond donors (Lipinski definition) is 1. The molecular formula is C16H20O3. The maximum atomic E-state index is 10.8. The zero-order chi connectivity index (χ0) is 13.5. The molecule has 0 amide bonds. The summed E-state index contributed by atoms with van der Waals surface area (Å²) in [5.74, 6) is -0.890. The molecule has 3 nitrogen and oxygen atoms in total. The summed E-state index contributed by atoms with van der Waals surface area (Å²) in [4.78, 5) is 10.8. The predicted octanol–water partition coefficient (Wildman–Crippen LogP) is 3.79. The highest BCUT2D eigenvalue weighted by molar-refractivity contribution is 5.87. The molecule has 1 N–H and O–H groups in total. The average Bonchev–Trinajstić information content (AvgIpc) is 2.38. The van der Waals surface area contributed by atoms with Gasteiger partial charge in [-0.05, 0) is 49.8 Å². The van der Waals surface area contributed by atoms with Gasteiger partial charge in [0.1, 0.15) is 0 Å². The van der Waals surface area contributed by atoms with Gasteiger partial charge in [-0.3, -0.25) is 0 Å². The van der Waals surface area contributed by atoms with Crippen molar-refractivity contribution >= 4 is 5.97 Å². The van der Waals surface area contributed by atoms with Gasteiger partial charge in [0.25, 0.3) is 0 Å². The van der Waals surface area contributed by atoms with E-state index in [1.807, 2.05) is 12.1 Å². The Kier molecular flexibility index (Phi) is 5.16. The van der Waals surface area contributed by atoms with Crippen molar-refractivity contribution in [2.75, 3.05) is 0 Å². The number of ether oxygens (including phenoxy) is 1. The van der Waals surface area contributed by atoms with E-state index in [0.29, 0.717) is 18.3 Å². The lowest BCUT2D eigenvalue weighted by atomic mass is 10.0. The van der Waals surface area contributed by atoms with Gasteiger partial charge < -0.3 is 9.84 Å². The minimum absolute atomic E-state index is 0.319. The van der Waals surface area contributed by atoms with Crippen molar-refractivity contribution in [3.05, 3.63) is 47.5 Å². The molecule has 2 rings (SSSR count). The largest absolute Gasteiger partial charge is 0.478 e. The number of aromatic carboxylic acids is 1. The van der Waals surface area contributed by atoms with E-state index in [0.717, 1.165) is 31.2 Å². The van der Waals surface area contributed by atoms with Crippen LogP contribution in [0, 0.1) is 0 Å². The first-order chi connectivity index (χ1) is 9.25. The van der Waals surface area contributed by atoms with Gasteiger partial charge in [0, 0.05) is 0 Å². The quantitative estimate of drug-likeness (QED) is 0.838. The fraction of sp³-hybridized carbons (Fsp3) is 0.438. The van der Waals surface area contributed by atoms with Crippen LogP contribution in [0.5, 0.6) is 0 Å². The van der Waals surface area contributed by atoms with Crippen molar-refractivity contribution in [1.82, 2.24) is 0 Å². The molecule has 0 spiro atoms. The second kappa shape index (κ2) is 7.10. The van der Waals surface area contributed by atoms with Gasteiger partial charge in [-0.2, -0.15) is 0 Å². The third-order valence-corrected chi connectivity index (χ3v) is 3.41. The van der Waals surface area contributed by atoms with Crippen LogP contribution in [0.25, 0.3) is 0 Å². The molecule has 1 aromatic carbocycles. The Hall–Kier alpha value is -1.61. The smallest absolute Gasteiger partial charge is 0.335 e. The van der Waals surface area contributed by atoms with Crippen LogP contribution in [0.15, 0.2) is 36.4 Å². The maximum absolute atomic E-state index is 10.8. The zero-order valence-corrected chi connectivity index (χ0v) is 11.0. The molecule has 0 aliphatic heterocycles. The number of carbonyl (C=O) groups is 1. The van der Waals surface area contributed by atoms with Crippen LogP contribution >= 0.6 is 0 Å². The second-order valence-corrected chi connectivity index (χ2v) is 4.91. The lowest BCUT2D eigenvalue weighted by Gasteiger charge is -2.18. The molecule has 1 unspecified atom stereocenters. The summed E-state index contributed by atoms with van der Waals surface area (Å²) in [7, 11) is 0. The Bertz CT molecular complexity index is 434. The Labute approximate surface area is 113 Å². The molecule has 0 radical (unpaired) electrons. The van der Waals surface area contributed by atoms with E-state index in [2.05, 4.69) is 12.2 Å². The van der Waals surface area contributed by atoms with E-state index >= 15 is 0 Å². The number of carboxylic acids is 1. The summed E-state index contributed by atoms with van der Waals surface area (Å²) in [6.07, 6.45) is 10.4. The van der Waals surface area contributed by atoms with Crippen LogP contribution < -0.4 is 0 Å². The number of allylic oxidation sites excluding steroid dienone is 2. The normalized spacial score (nSPS) is 19.7. The second-order valence-electron chi connectivity index (χ2n) is 4.91. The van der Waals surface area contributed by atoms with Crippen LogP contribution in [0.3, 0.4) is 0 Å². The third-order valence-electron chi connectivity index (χ3n) is 3.41. The Morgan fingerprint density at radius 3 is 2.63 bits per heavy atom. The SMILES string of the molecule is O=C(O)c1ccc(COC2CCC=CCCC2)cc1. The molecule has 102 valence electrons. The highest BCUT2D eigenvalue weighted by atomic mass is 16.5. The zero-order valence-electron chi connectivity index (χ0n) is 11.0. The third kappa shape index (κ3) is 4.52. The van der Waals surface area contributed by atoms with Gasteiger partial charge in [0.15, 0.2) is 0 Å².